The van der Waals surface area contributed by atoms with E-state index in [0.29, 0.717) is 0 Å². The van der Waals surface area contributed by atoms with Gasteiger partial charge in [0.05, 0.1) is 13.0 Å². The van der Waals surface area contributed by atoms with E-state index in [4.69, 9.17) is 33.8 Å². The molecule has 0 spiro atoms. The number of primary amides is 2. The molecule has 4 atom stereocenters. The van der Waals surface area contributed by atoms with Gasteiger partial charge < -0.3 is 54.8 Å². The fourth-order valence-electron chi connectivity index (χ4n) is 2.63. The van der Waals surface area contributed by atoms with E-state index in [9.17, 15) is 33.9 Å². The maximum absolute atomic E-state index is 12.8. The van der Waals surface area contributed by atoms with Gasteiger partial charge in [-0.05, 0) is 19.3 Å². The molecule has 17 heteroatoms. The van der Waals surface area contributed by atoms with Crippen LogP contribution >= 0.6 is 0 Å². The molecule has 4 unspecified atom stereocenters. The number of aliphatic hydroxyl groups excluding tert-OH is 1. The third kappa shape index (κ3) is 13.3. The molecule has 0 aliphatic heterocycles. The lowest BCUT2D eigenvalue weighted by atomic mass is 10.1. The molecule has 0 radical (unpaired) electrons. The molecule has 35 heavy (non-hydrogen) atoms. The number of aliphatic carboxylic acids is 1. The zero-order chi connectivity index (χ0) is 27.1. The summed E-state index contributed by atoms with van der Waals surface area (Å²) < 4.78 is 0. The van der Waals surface area contributed by atoms with Gasteiger partial charge in [-0.3, -0.25) is 29.0 Å². The number of amides is 5. The molecule has 0 bridgehead atoms. The SMILES string of the molecule is NC(=O)CCC(NC(=O)C(CCCN=C(N)N)NC(=O)C(CC(N)=O)NC(=O)C(N)CO)C(=O)O. The van der Waals surface area contributed by atoms with Crippen LogP contribution in [0, 0.1) is 0 Å². The molecule has 0 saturated heterocycles. The summed E-state index contributed by atoms with van der Waals surface area (Å²) in [5.41, 5.74) is 26.0. The summed E-state index contributed by atoms with van der Waals surface area (Å²) >= 11 is 0. The molecular formula is C18H33N9O8. The first-order chi connectivity index (χ1) is 16.3. The van der Waals surface area contributed by atoms with Gasteiger partial charge in [0.2, 0.25) is 29.5 Å². The number of hydrogen-bond acceptors (Lipinski definition) is 9. The highest BCUT2D eigenvalue weighted by atomic mass is 16.4. The number of hydrogen-bond donors (Lipinski definition) is 10. The van der Waals surface area contributed by atoms with Gasteiger partial charge in [-0.25, -0.2) is 4.79 Å². The lowest BCUT2D eigenvalue weighted by Gasteiger charge is -2.24. The Morgan fingerprint density at radius 3 is 1.80 bits per heavy atom. The van der Waals surface area contributed by atoms with Crippen molar-refractivity contribution in [1.82, 2.24) is 16.0 Å². The van der Waals surface area contributed by atoms with Crippen molar-refractivity contribution in [3.8, 4) is 0 Å². The first-order valence-electron chi connectivity index (χ1n) is 10.4. The largest absolute Gasteiger partial charge is 0.480 e. The third-order valence-corrected chi connectivity index (χ3v) is 4.44. The molecule has 0 heterocycles. The van der Waals surface area contributed by atoms with Gasteiger partial charge in [0.1, 0.15) is 24.2 Å². The maximum Gasteiger partial charge on any atom is 0.326 e. The number of carboxylic acids is 1. The summed E-state index contributed by atoms with van der Waals surface area (Å²) in [5, 5.41) is 24.9. The summed E-state index contributed by atoms with van der Waals surface area (Å²) in [6.07, 6.45) is -1.20. The topological polar surface area (TPSA) is 321 Å². The summed E-state index contributed by atoms with van der Waals surface area (Å²) in [4.78, 5) is 75.0. The van der Waals surface area contributed by atoms with E-state index in [2.05, 4.69) is 20.9 Å². The molecule has 0 saturated carbocycles. The van der Waals surface area contributed by atoms with Gasteiger partial charge >= 0.3 is 5.97 Å². The van der Waals surface area contributed by atoms with Crippen LogP contribution in [0.4, 0.5) is 0 Å². The normalized spacial score (nSPS) is 13.9. The van der Waals surface area contributed by atoms with E-state index in [1.165, 1.54) is 0 Å². The molecule has 15 N–H and O–H groups in total. The van der Waals surface area contributed by atoms with Crippen molar-refractivity contribution in [3.63, 3.8) is 0 Å². The van der Waals surface area contributed by atoms with E-state index in [0.717, 1.165) is 0 Å². The summed E-state index contributed by atoms with van der Waals surface area (Å²) in [6, 6.07) is -5.78. The zero-order valence-corrected chi connectivity index (χ0v) is 18.9. The first-order valence-corrected chi connectivity index (χ1v) is 10.4. The summed E-state index contributed by atoms with van der Waals surface area (Å²) in [7, 11) is 0. The number of nitrogens with one attached hydrogen (secondary N) is 3. The van der Waals surface area contributed by atoms with Crippen LogP contribution in [0.5, 0.6) is 0 Å². The van der Waals surface area contributed by atoms with Gasteiger partial charge in [0.15, 0.2) is 5.96 Å². The molecule has 17 nitrogen and oxygen atoms in total. The van der Waals surface area contributed by atoms with Crippen LogP contribution < -0.4 is 44.6 Å². The highest BCUT2D eigenvalue weighted by molar-refractivity contribution is 5.96. The van der Waals surface area contributed by atoms with E-state index in [1.54, 1.807) is 0 Å². The molecule has 0 aromatic heterocycles. The third-order valence-electron chi connectivity index (χ3n) is 4.44. The number of nitrogens with zero attached hydrogens (tertiary/aromatic N) is 1. The van der Waals surface area contributed by atoms with Crippen LogP contribution in [0.3, 0.4) is 0 Å². The zero-order valence-electron chi connectivity index (χ0n) is 18.9. The van der Waals surface area contributed by atoms with E-state index in [1.807, 2.05) is 0 Å². The van der Waals surface area contributed by atoms with Gasteiger partial charge in [0, 0.05) is 13.0 Å². The van der Waals surface area contributed by atoms with E-state index >= 15 is 0 Å². The quantitative estimate of drug-likeness (QED) is 0.0505. The van der Waals surface area contributed by atoms with Crippen molar-refractivity contribution in [3.05, 3.63) is 0 Å². The molecule has 0 aromatic carbocycles. The van der Waals surface area contributed by atoms with Crippen LogP contribution in [0.25, 0.3) is 0 Å². The predicted octanol–water partition coefficient (Wildman–Crippen LogP) is -5.96. The molecule has 0 aliphatic rings. The average Bonchev–Trinajstić information content (AvgIpc) is 2.76. The van der Waals surface area contributed by atoms with Crippen molar-refractivity contribution in [2.45, 2.75) is 56.3 Å². The Hall–Kier alpha value is -3.99. The number of rotatable bonds is 17. The van der Waals surface area contributed by atoms with Crippen molar-refractivity contribution in [2.24, 2.45) is 33.7 Å². The van der Waals surface area contributed by atoms with Crippen LogP contribution in [0.2, 0.25) is 0 Å². The predicted molar refractivity (Wildman–Crippen MR) is 121 cm³/mol. The number of aliphatic imine (C=N–C) groups is 1. The second kappa shape index (κ2) is 15.8. The Bertz CT molecular complexity index is 816. The van der Waals surface area contributed by atoms with Gasteiger partial charge in [-0.15, -0.1) is 0 Å². The van der Waals surface area contributed by atoms with Crippen LogP contribution in [-0.4, -0.2) is 89.0 Å². The van der Waals surface area contributed by atoms with Crippen LogP contribution in [-0.2, 0) is 28.8 Å². The Morgan fingerprint density at radius 2 is 1.31 bits per heavy atom. The lowest BCUT2D eigenvalue weighted by molar-refractivity contribution is -0.142. The fraction of sp³-hybridized carbons (Fsp3) is 0.611. The van der Waals surface area contributed by atoms with Crippen molar-refractivity contribution >= 4 is 41.5 Å². The Morgan fingerprint density at radius 1 is 0.771 bits per heavy atom. The highest BCUT2D eigenvalue weighted by Gasteiger charge is 2.31. The van der Waals surface area contributed by atoms with Crippen molar-refractivity contribution in [2.75, 3.05) is 13.2 Å². The lowest BCUT2D eigenvalue weighted by Crippen LogP contribution is -2.58. The van der Waals surface area contributed by atoms with Gasteiger partial charge in [-0.1, -0.05) is 0 Å². The van der Waals surface area contributed by atoms with Crippen molar-refractivity contribution in [1.29, 1.82) is 0 Å². The minimum Gasteiger partial charge on any atom is -0.480 e. The minimum atomic E-state index is -1.55. The molecular weight excluding hydrogens is 470 g/mol. The number of carbonyl (C=O) groups is 6. The second-order valence-electron chi connectivity index (χ2n) is 7.44. The Labute approximate surface area is 200 Å². The summed E-state index contributed by atoms with van der Waals surface area (Å²) in [5.74, 6) is -6.30. The number of nitrogens with two attached hydrogens (primary N) is 5. The number of guanidine groups is 1. The number of carbonyl (C=O) groups excluding carboxylic acids is 5. The maximum atomic E-state index is 12.8. The Kier molecular flexibility index (Phi) is 14.0. The monoisotopic (exact) mass is 503 g/mol. The molecule has 0 rings (SSSR count). The molecule has 0 aromatic rings. The highest BCUT2D eigenvalue weighted by Crippen LogP contribution is 2.05. The average molecular weight is 504 g/mol. The van der Waals surface area contributed by atoms with E-state index < -0.39 is 72.7 Å². The Balaban J connectivity index is 5.63. The fourth-order valence-corrected chi connectivity index (χ4v) is 2.63. The van der Waals surface area contributed by atoms with Crippen molar-refractivity contribution < 1.29 is 39.0 Å². The first kappa shape index (κ1) is 31.0. The standard InChI is InChI=1S/C18H33N9O8/c19-8(7-28)14(31)27-11(6-13(21)30)16(33)25-9(2-1-5-24-18(22)23)15(32)26-10(17(34)35)3-4-12(20)29/h8-11,28H,1-7,19H2,(H2,20,29)(H2,21,30)(H,25,33)(H,26,32)(H,27,31)(H,34,35)(H4,22,23,24). The smallest absolute Gasteiger partial charge is 0.326 e. The second-order valence-corrected chi connectivity index (χ2v) is 7.44. The van der Waals surface area contributed by atoms with Crippen LogP contribution in [0.15, 0.2) is 4.99 Å². The number of carboxylic acid groups (broad SMARTS) is 1. The van der Waals surface area contributed by atoms with Gasteiger partial charge in [-0.2, -0.15) is 0 Å². The molecule has 0 fully saturated rings. The van der Waals surface area contributed by atoms with E-state index in [-0.39, 0.29) is 38.2 Å². The van der Waals surface area contributed by atoms with Crippen LogP contribution in [0.1, 0.15) is 32.1 Å². The summed E-state index contributed by atoms with van der Waals surface area (Å²) in [6.45, 7) is -0.673. The number of aliphatic hydroxyl groups is 1. The van der Waals surface area contributed by atoms with Gasteiger partial charge in [0.25, 0.3) is 0 Å². The molecule has 0 aliphatic carbocycles. The minimum absolute atomic E-state index is 0.0683. The molecule has 5 amide bonds. The molecule has 198 valence electrons.